The van der Waals surface area contributed by atoms with E-state index < -0.39 is 30.2 Å². The molecular formula is C31H23F5O. The van der Waals surface area contributed by atoms with E-state index in [1.165, 1.54) is 11.6 Å². The molecular weight excluding hydrogens is 483 g/mol. The average molecular weight is 507 g/mol. The van der Waals surface area contributed by atoms with Gasteiger partial charge in [-0.25, -0.2) is 8.78 Å². The second kappa shape index (κ2) is 11.3. The molecule has 0 heterocycles. The molecule has 0 unspecified atom stereocenters. The van der Waals surface area contributed by atoms with Crippen LogP contribution in [-0.2, 0) is 6.42 Å². The number of allylic oxidation sites excluding steroid dienone is 2. The van der Waals surface area contributed by atoms with Crippen LogP contribution in [0.4, 0.5) is 22.0 Å². The number of rotatable bonds is 6. The number of aryl methyl sites for hydroxylation is 1. The van der Waals surface area contributed by atoms with Gasteiger partial charge in [0.05, 0.1) is 5.56 Å². The van der Waals surface area contributed by atoms with Crippen LogP contribution < -0.4 is 4.74 Å². The van der Waals surface area contributed by atoms with Crippen molar-refractivity contribution in [3.05, 3.63) is 113 Å². The van der Waals surface area contributed by atoms with Gasteiger partial charge in [-0.1, -0.05) is 66.5 Å². The molecule has 188 valence electrons. The Morgan fingerprint density at radius 1 is 0.838 bits per heavy atom. The van der Waals surface area contributed by atoms with Crippen molar-refractivity contribution in [2.75, 3.05) is 6.61 Å². The molecule has 1 nitrogen and oxygen atoms in total. The first-order valence-corrected chi connectivity index (χ1v) is 11.7. The van der Waals surface area contributed by atoms with Crippen LogP contribution >= 0.6 is 0 Å². The van der Waals surface area contributed by atoms with Crippen LogP contribution in [0.3, 0.4) is 0 Å². The fourth-order valence-electron chi connectivity index (χ4n) is 3.84. The Balaban J connectivity index is 1.52. The molecule has 0 aromatic heterocycles. The highest BCUT2D eigenvalue weighted by atomic mass is 19.4. The topological polar surface area (TPSA) is 9.23 Å². The highest BCUT2D eigenvalue weighted by Crippen LogP contribution is 2.28. The van der Waals surface area contributed by atoms with Gasteiger partial charge in [-0.2, -0.15) is 13.2 Å². The molecule has 0 atom stereocenters. The van der Waals surface area contributed by atoms with E-state index in [0.717, 1.165) is 41.5 Å². The molecule has 0 aliphatic carbocycles. The van der Waals surface area contributed by atoms with E-state index >= 15 is 4.39 Å². The molecule has 0 amide bonds. The molecule has 0 aliphatic rings. The molecule has 6 heteroatoms. The minimum absolute atomic E-state index is 0.128. The van der Waals surface area contributed by atoms with Crippen molar-refractivity contribution in [2.45, 2.75) is 25.9 Å². The van der Waals surface area contributed by atoms with E-state index in [0.29, 0.717) is 5.39 Å². The SMILES string of the molecule is C/C=C/CCc1ccc(-c2ccc3c(F)c(C#Cc4ccc(OCC(F)(F)F)c(F)c4)ccc3c2)cc1. The van der Waals surface area contributed by atoms with Gasteiger partial charge in [0.2, 0.25) is 0 Å². The number of hydrogen-bond donors (Lipinski definition) is 0. The van der Waals surface area contributed by atoms with Gasteiger partial charge in [-0.15, -0.1) is 0 Å². The highest BCUT2D eigenvalue weighted by molar-refractivity contribution is 5.89. The molecule has 0 bridgehead atoms. The van der Waals surface area contributed by atoms with Crippen LogP contribution in [0, 0.1) is 23.5 Å². The van der Waals surface area contributed by atoms with Crippen LogP contribution in [0.2, 0.25) is 0 Å². The van der Waals surface area contributed by atoms with Crippen LogP contribution in [0.15, 0.2) is 84.9 Å². The fraction of sp³-hybridized carbons (Fsp3) is 0.161. The third-order valence-electron chi connectivity index (χ3n) is 5.74. The first kappa shape index (κ1) is 26.0. The molecule has 0 saturated heterocycles. The lowest BCUT2D eigenvalue weighted by molar-refractivity contribution is -0.153. The van der Waals surface area contributed by atoms with E-state index in [-0.39, 0.29) is 11.1 Å². The lowest BCUT2D eigenvalue weighted by Gasteiger charge is -2.09. The maximum atomic E-state index is 15.2. The van der Waals surface area contributed by atoms with Gasteiger partial charge < -0.3 is 4.74 Å². The summed E-state index contributed by atoms with van der Waals surface area (Å²) in [7, 11) is 0. The molecule has 0 N–H and O–H groups in total. The van der Waals surface area contributed by atoms with Crippen LogP contribution in [0.1, 0.15) is 30.0 Å². The number of fused-ring (bicyclic) bond motifs is 1. The lowest BCUT2D eigenvalue weighted by Crippen LogP contribution is -2.19. The smallest absolute Gasteiger partial charge is 0.422 e. The zero-order valence-corrected chi connectivity index (χ0v) is 20.0. The number of ether oxygens (including phenoxy) is 1. The minimum Gasteiger partial charge on any atom is -0.481 e. The minimum atomic E-state index is -4.57. The molecule has 4 aromatic carbocycles. The monoisotopic (exact) mass is 506 g/mol. The van der Waals surface area contributed by atoms with Crippen molar-refractivity contribution in [1.29, 1.82) is 0 Å². The zero-order chi connectivity index (χ0) is 26.4. The highest BCUT2D eigenvalue weighted by Gasteiger charge is 2.28. The van der Waals surface area contributed by atoms with Crippen molar-refractivity contribution >= 4 is 10.8 Å². The number of alkyl halides is 3. The summed E-state index contributed by atoms with van der Waals surface area (Å²) in [4.78, 5) is 0. The van der Waals surface area contributed by atoms with Gasteiger partial charge in [0.1, 0.15) is 5.82 Å². The fourth-order valence-corrected chi connectivity index (χ4v) is 3.84. The van der Waals surface area contributed by atoms with E-state index in [4.69, 9.17) is 0 Å². The third kappa shape index (κ3) is 6.77. The number of benzene rings is 4. The largest absolute Gasteiger partial charge is 0.481 e. The first-order valence-electron chi connectivity index (χ1n) is 11.7. The first-order chi connectivity index (χ1) is 17.7. The Bertz CT molecular complexity index is 1490. The molecule has 0 fully saturated rings. The van der Waals surface area contributed by atoms with E-state index in [2.05, 4.69) is 46.9 Å². The predicted octanol–water partition coefficient (Wildman–Crippen LogP) is 8.63. The zero-order valence-electron chi connectivity index (χ0n) is 20.0. The maximum Gasteiger partial charge on any atom is 0.422 e. The van der Waals surface area contributed by atoms with Crippen molar-refractivity contribution < 1.29 is 26.7 Å². The van der Waals surface area contributed by atoms with E-state index in [1.807, 2.05) is 25.1 Å². The molecule has 4 rings (SSSR count). The summed E-state index contributed by atoms with van der Waals surface area (Å²) in [6, 6.07) is 20.4. The van der Waals surface area contributed by atoms with Crippen molar-refractivity contribution in [2.24, 2.45) is 0 Å². The van der Waals surface area contributed by atoms with E-state index in [1.54, 1.807) is 18.2 Å². The Labute approximate surface area is 212 Å². The normalized spacial score (nSPS) is 11.5. The lowest BCUT2D eigenvalue weighted by atomic mass is 9.98. The predicted molar refractivity (Wildman–Crippen MR) is 136 cm³/mol. The third-order valence-corrected chi connectivity index (χ3v) is 5.74. The van der Waals surface area contributed by atoms with Gasteiger partial charge in [0, 0.05) is 10.9 Å². The van der Waals surface area contributed by atoms with Gasteiger partial charge in [-0.3, -0.25) is 0 Å². The van der Waals surface area contributed by atoms with Gasteiger partial charge in [0.25, 0.3) is 0 Å². The number of halogens is 5. The summed E-state index contributed by atoms with van der Waals surface area (Å²) >= 11 is 0. The Hall–Kier alpha value is -4.11. The van der Waals surface area contributed by atoms with Crippen LogP contribution in [0.5, 0.6) is 5.75 Å². The van der Waals surface area contributed by atoms with Crippen molar-refractivity contribution in [1.82, 2.24) is 0 Å². The summed E-state index contributed by atoms with van der Waals surface area (Å²) in [5.74, 6) is 3.33. The summed E-state index contributed by atoms with van der Waals surface area (Å²) in [6.45, 7) is 0.408. The summed E-state index contributed by atoms with van der Waals surface area (Å²) in [5, 5.41) is 1.12. The van der Waals surface area contributed by atoms with Crippen LogP contribution in [0.25, 0.3) is 21.9 Å². The number of hydrogen-bond acceptors (Lipinski definition) is 1. The van der Waals surface area contributed by atoms with Gasteiger partial charge >= 0.3 is 6.18 Å². The van der Waals surface area contributed by atoms with Crippen molar-refractivity contribution in [3.8, 4) is 28.7 Å². The quantitative estimate of drug-likeness (QED) is 0.144. The Morgan fingerprint density at radius 2 is 1.59 bits per heavy atom. The van der Waals surface area contributed by atoms with Gasteiger partial charge in [0.15, 0.2) is 18.2 Å². The summed E-state index contributed by atoms with van der Waals surface area (Å²) in [5.41, 5.74) is 3.56. The molecule has 4 aromatic rings. The van der Waals surface area contributed by atoms with Crippen LogP contribution in [-0.4, -0.2) is 12.8 Å². The average Bonchev–Trinajstić information content (AvgIpc) is 2.87. The molecule has 0 aliphatic heterocycles. The maximum absolute atomic E-state index is 15.2. The summed E-state index contributed by atoms with van der Waals surface area (Å²) in [6.07, 6.45) is 1.57. The summed E-state index contributed by atoms with van der Waals surface area (Å²) < 4.78 is 70.5. The van der Waals surface area contributed by atoms with E-state index in [9.17, 15) is 17.6 Å². The standard InChI is InChI=1S/C31H23F5O/c1-2-3-4-5-21-6-10-23(11-7-21)25-15-16-27-26(19-25)14-13-24(30(27)33)12-8-22-9-17-29(28(32)18-22)37-20-31(34,35)36/h2-3,6-7,9-11,13-19H,4-5,20H2,1H3/b3-2+. The second-order valence-corrected chi connectivity index (χ2v) is 8.47. The van der Waals surface area contributed by atoms with Crippen molar-refractivity contribution in [3.63, 3.8) is 0 Å². The molecule has 0 saturated carbocycles. The van der Waals surface area contributed by atoms with Gasteiger partial charge in [-0.05, 0) is 72.2 Å². The second-order valence-electron chi connectivity index (χ2n) is 8.47. The molecule has 37 heavy (non-hydrogen) atoms. The molecule has 0 radical (unpaired) electrons. The Morgan fingerprint density at radius 3 is 2.30 bits per heavy atom. The Kier molecular flexibility index (Phi) is 7.93. The molecule has 0 spiro atoms.